The van der Waals surface area contributed by atoms with E-state index in [2.05, 4.69) is 16.3 Å². The van der Waals surface area contributed by atoms with Crippen LogP contribution in [0.3, 0.4) is 0 Å². The fraction of sp³-hybridized carbons (Fsp3) is 0.462. The predicted octanol–water partition coefficient (Wildman–Crippen LogP) is 5.59. The molecule has 0 saturated heterocycles. The van der Waals surface area contributed by atoms with Gasteiger partial charge in [0.25, 0.3) is 0 Å². The van der Waals surface area contributed by atoms with Gasteiger partial charge in [-0.05, 0) is 70.7 Å². The molecule has 186 valence electrons. The van der Waals surface area contributed by atoms with E-state index in [-0.39, 0.29) is 18.8 Å². The average Bonchev–Trinajstić information content (AvgIpc) is 2.75. The maximum Gasteiger partial charge on any atom is 0.307 e. The van der Waals surface area contributed by atoms with E-state index >= 15 is 0 Å². The third kappa shape index (κ3) is 8.11. The molecule has 1 aromatic carbocycles. The maximum absolute atomic E-state index is 14.2. The van der Waals surface area contributed by atoms with Gasteiger partial charge in [-0.15, -0.1) is 11.3 Å². The van der Waals surface area contributed by atoms with Crippen molar-refractivity contribution in [3.05, 3.63) is 60.2 Å². The van der Waals surface area contributed by atoms with Gasteiger partial charge in [0.05, 0.1) is 25.7 Å². The summed E-state index contributed by atoms with van der Waals surface area (Å²) in [7, 11) is 0. The van der Waals surface area contributed by atoms with Gasteiger partial charge in [-0.3, -0.25) is 9.78 Å². The number of unbranched alkanes of at least 4 members (excludes halogenated alkanes) is 1. The Hall–Kier alpha value is -2.42. The number of nitrogens with zero attached hydrogens (tertiary/aromatic N) is 1. The fourth-order valence-electron chi connectivity index (χ4n) is 3.31. The van der Waals surface area contributed by atoms with Crippen molar-refractivity contribution in [2.75, 3.05) is 13.2 Å². The van der Waals surface area contributed by atoms with Gasteiger partial charge in [0.15, 0.2) is 0 Å². The van der Waals surface area contributed by atoms with E-state index in [0.29, 0.717) is 29.0 Å². The minimum Gasteiger partial charge on any atom is -0.598 e. The Morgan fingerprint density at radius 1 is 1.32 bits per heavy atom. The van der Waals surface area contributed by atoms with Crippen molar-refractivity contribution in [2.24, 2.45) is 0 Å². The number of esters is 1. The van der Waals surface area contributed by atoms with Crippen LogP contribution in [-0.2, 0) is 20.9 Å². The standard InChI is InChI=1S/C26H35FN2O4S/c1-7-9-10-11-33-23-14-21(27)12-18(3)25(23)20-13-19(16-28-17-20)22(15-24(30)32-8-2)29-34(31)26(4,5)6/h7,12-14,16-17,22,29H,1,8-11,15H2,2-6H3/t22-,34?/m0/s1. The topological polar surface area (TPSA) is 83.5 Å². The van der Waals surface area contributed by atoms with Crippen molar-refractivity contribution in [3.63, 3.8) is 0 Å². The SMILES string of the molecule is C=CCCCOc1cc(F)cc(C)c1-c1cncc([C@H](CC(=O)OCC)N[S+]([O-])C(C)(C)C)c1. The number of carbonyl (C=O) groups excluding carboxylic acids is 1. The molecular weight excluding hydrogens is 455 g/mol. The Morgan fingerprint density at radius 3 is 2.71 bits per heavy atom. The van der Waals surface area contributed by atoms with E-state index in [9.17, 15) is 13.7 Å². The zero-order valence-corrected chi connectivity index (χ0v) is 21.5. The lowest BCUT2D eigenvalue weighted by Gasteiger charge is -2.28. The molecule has 0 fully saturated rings. The second-order valence-corrected chi connectivity index (χ2v) is 10.9. The van der Waals surface area contributed by atoms with E-state index in [1.165, 1.54) is 12.1 Å². The molecule has 0 amide bonds. The highest BCUT2D eigenvalue weighted by Gasteiger charge is 2.31. The smallest absolute Gasteiger partial charge is 0.307 e. The lowest BCUT2D eigenvalue weighted by Crippen LogP contribution is -2.42. The minimum absolute atomic E-state index is 0.00585. The number of hydrogen-bond acceptors (Lipinski definition) is 6. The Labute approximate surface area is 205 Å². The molecular formula is C26H35FN2O4S. The molecule has 2 aromatic rings. The molecule has 0 aliphatic heterocycles. The summed E-state index contributed by atoms with van der Waals surface area (Å²) in [6.07, 6.45) is 6.67. The Morgan fingerprint density at radius 2 is 2.06 bits per heavy atom. The van der Waals surface area contributed by atoms with Gasteiger partial charge in [-0.1, -0.05) is 6.08 Å². The summed E-state index contributed by atoms with van der Waals surface area (Å²) in [5, 5.41) is 0. The van der Waals surface area contributed by atoms with Gasteiger partial charge < -0.3 is 14.0 Å². The second-order valence-electron chi connectivity index (χ2n) is 8.94. The highest BCUT2D eigenvalue weighted by atomic mass is 32.2. The first kappa shape index (κ1) is 27.8. The molecule has 0 bridgehead atoms. The van der Waals surface area contributed by atoms with Crippen molar-refractivity contribution in [1.29, 1.82) is 0 Å². The van der Waals surface area contributed by atoms with Crippen LogP contribution >= 0.6 is 0 Å². The van der Waals surface area contributed by atoms with Gasteiger partial charge >= 0.3 is 5.97 Å². The summed E-state index contributed by atoms with van der Waals surface area (Å²) in [5.41, 5.74) is 2.81. The number of rotatable bonds is 12. The van der Waals surface area contributed by atoms with Crippen molar-refractivity contribution in [2.45, 2.75) is 64.7 Å². The van der Waals surface area contributed by atoms with Crippen LogP contribution in [0.5, 0.6) is 5.75 Å². The molecule has 1 unspecified atom stereocenters. The second kappa shape index (κ2) is 12.9. The van der Waals surface area contributed by atoms with Crippen LogP contribution in [0.15, 0.2) is 43.2 Å². The number of ether oxygens (including phenoxy) is 2. The Kier molecular flexibility index (Phi) is 10.5. The highest BCUT2D eigenvalue weighted by molar-refractivity contribution is 7.90. The minimum atomic E-state index is -1.43. The first-order valence-corrected chi connectivity index (χ1v) is 12.5. The number of carbonyl (C=O) groups is 1. The molecule has 6 nitrogen and oxygen atoms in total. The predicted molar refractivity (Wildman–Crippen MR) is 134 cm³/mol. The van der Waals surface area contributed by atoms with E-state index in [0.717, 1.165) is 18.4 Å². The van der Waals surface area contributed by atoms with E-state index in [4.69, 9.17) is 9.47 Å². The summed E-state index contributed by atoms with van der Waals surface area (Å²) in [4.78, 5) is 16.6. The molecule has 1 heterocycles. The molecule has 0 spiro atoms. The number of halogens is 1. The number of pyridine rings is 1. The van der Waals surface area contributed by atoms with Gasteiger partial charge in [-0.25, -0.2) is 4.39 Å². The molecule has 2 atom stereocenters. The summed E-state index contributed by atoms with van der Waals surface area (Å²) in [6.45, 7) is 13.5. The third-order valence-electron chi connectivity index (χ3n) is 5.01. The monoisotopic (exact) mass is 490 g/mol. The van der Waals surface area contributed by atoms with E-state index in [1.807, 2.05) is 39.8 Å². The largest absolute Gasteiger partial charge is 0.598 e. The zero-order valence-electron chi connectivity index (χ0n) is 20.7. The Balaban J connectivity index is 2.44. The number of benzene rings is 1. The molecule has 2 rings (SSSR count). The maximum atomic E-state index is 14.2. The zero-order chi connectivity index (χ0) is 25.3. The van der Waals surface area contributed by atoms with Crippen LogP contribution in [0.4, 0.5) is 4.39 Å². The molecule has 0 aliphatic carbocycles. The normalized spacial score (nSPS) is 13.3. The van der Waals surface area contributed by atoms with Gasteiger partial charge in [-0.2, -0.15) is 0 Å². The molecule has 1 N–H and O–H groups in total. The number of aromatic nitrogens is 1. The van der Waals surface area contributed by atoms with Crippen molar-refractivity contribution in [3.8, 4) is 16.9 Å². The van der Waals surface area contributed by atoms with Crippen molar-refractivity contribution in [1.82, 2.24) is 9.71 Å². The molecule has 8 heteroatoms. The van der Waals surface area contributed by atoms with Crippen molar-refractivity contribution >= 4 is 17.3 Å². The third-order valence-corrected chi connectivity index (χ3v) is 6.62. The summed E-state index contributed by atoms with van der Waals surface area (Å²) in [6, 6.07) is 4.10. The van der Waals surface area contributed by atoms with Crippen LogP contribution in [0.25, 0.3) is 11.1 Å². The first-order valence-electron chi connectivity index (χ1n) is 11.4. The quantitative estimate of drug-likeness (QED) is 0.181. The number of nitrogens with one attached hydrogen (secondary N) is 1. The number of aryl methyl sites for hydroxylation is 1. The van der Waals surface area contributed by atoms with E-state index in [1.54, 1.807) is 19.3 Å². The molecule has 0 aliphatic rings. The molecule has 1 aromatic heterocycles. The number of hydrogen-bond donors (Lipinski definition) is 1. The summed E-state index contributed by atoms with van der Waals surface area (Å²) in [5.74, 6) is -0.360. The molecule has 0 saturated carbocycles. The lowest BCUT2D eigenvalue weighted by molar-refractivity contribution is -0.143. The average molecular weight is 491 g/mol. The van der Waals surface area contributed by atoms with Crippen LogP contribution in [0.2, 0.25) is 0 Å². The van der Waals surface area contributed by atoms with Gasteiger partial charge in [0, 0.05) is 40.9 Å². The highest BCUT2D eigenvalue weighted by Crippen LogP contribution is 2.36. The van der Waals surface area contributed by atoms with Gasteiger partial charge in [0.1, 0.15) is 16.3 Å². The fourth-order valence-corrected chi connectivity index (χ4v) is 4.14. The van der Waals surface area contributed by atoms with Crippen molar-refractivity contribution < 1.29 is 23.2 Å². The molecule has 0 radical (unpaired) electrons. The number of allylic oxidation sites excluding steroid dienone is 1. The summed E-state index contributed by atoms with van der Waals surface area (Å²) < 4.78 is 40.6. The van der Waals surface area contributed by atoms with E-state index < -0.39 is 28.1 Å². The van der Waals surface area contributed by atoms with Crippen LogP contribution in [0.1, 0.15) is 64.1 Å². The molecule has 34 heavy (non-hydrogen) atoms. The van der Waals surface area contributed by atoms with Crippen LogP contribution in [-0.4, -0.2) is 33.5 Å². The van der Waals surface area contributed by atoms with Crippen LogP contribution < -0.4 is 9.46 Å². The summed E-state index contributed by atoms with van der Waals surface area (Å²) >= 11 is -1.43. The Bertz CT molecular complexity index is 978. The van der Waals surface area contributed by atoms with Gasteiger partial charge in [0.2, 0.25) is 0 Å². The lowest BCUT2D eigenvalue weighted by atomic mass is 9.97. The van der Waals surface area contributed by atoms with Crippen LogP contribution in [0, 0.1) is 12.7 Å². The first-order chi connectivity index (χ1) is 16.1.